The molecule has 1 aliphatic rings. The van der Waals surface area contributed by atoms with Crippen LogP contribution in [0.3, 0.4) is 0 Å². The molecule has 0 radical (unpaired) electrons. The SMILES string of the molecule is CCCn1ccc2c[n+](C3CCc4ccc(OC(F)(F)F)cc4C3=O)ccc21. The van der Waals surface area contributed by atoms with Gasteiger partial charge in [0.25, 0.3) is 0 Å². The van der Waals surface area contributed by atoms with Gasteiger partial charge in [-0.2, -0.15) is 4.57 Å². The lowest BCUT2D eigenvalue weighted by atomic mass is 9.86. The number of halogens is 3. The van der Waals surface area contributed by atoms with Gasteiger partial charge in [-0.3, -0.25) is 4.79 Å². The summed E-state index contributed by atoms with van der Waals surface area (Å²) < 4.78 is 45.5. The van der Waals surface area contributed by atoms with E-state index in [0.717, 1.165) is 29.4 Å². The zero-order valence-electron chi connectivity index (χ0n) is 15.4. The fourth-order valence-corrected chi connectivity index (χ4v) is 3.88. The minimum Gasteiger partial charge on any atom is -0.406 e. The van der Waals surface area contributed by atoms with Crippen LogP contribution in [-0.4, -0.2) is 16.7 Å². The lowest BCUT2D eigenvalue weighted by molar-refractivity contribution is -0.707. The second-order valence-electron chi connectivity index (χ2n) is 7.03. The monoisotopic (exact) mass is 389 g/mol. The standard InChI is InChI=1S/C21H20F3N2O2/c1-2-9-25-10-7-15-13-26(11-8-18(15)25)19-6-4-14-3-5-16(28-21(22,23)24)12-17(14)20(19)27/h3,5,7-8,10-13,19H,2,4,6,9H2,1H3/q+1. The van der Waals surface area contributed by atoms with Crippen LogP contribution in [-0.2, 0) is 13.0 Å². The van der Waals surface area contributed by atoms with Crippen molar-refractivity contribution in [2.75, 3.05) is 0 Å². The van der Waals surface area contributed by atoms with Gasteiger partial charge in [-0.25, -0.2) is 0 Å². The molecular weight excluding hydrogens is 369 g/mol. The van der Waals surface area contributed by atoms with Gasteiger partial charge < -0.3 is 9.30 Å². The highest BCUT2D eigenvalue weighted by atomic mass is 19.4. The topological polar surface area (TPSA) is 35.1 Å². The summed E-state index contributed by atoms with van der Waals surface area (Å²) in [4.78, 5) is 13.0. The van der Waals surface area contributed by atoms with Crippen molar-refractivity contribution in [1.29, 1.82) is 0 Å². The molecule has 0 saturated heterocycles. The van der Waals surface area contributed by atoms with E-state index < -0.39 is 12.4 Å². The van der Waals surface area contributed by atoms with Crippen molar-refractivity contribution in [2.45, 2.75) is 45.1 Å². The molecule has 7 heteroatoms. The van der Waals surface area contributed by atoms with Gasteiger partial charge in [0.05, 0.1) is 10.9 Å². The van der Waals surface area contributed by atoms with Crippen LogP contribution >= 0.6 is 0 Å². The molecule has 0 aliphatic heterocycles. The number of aromatic nitrogens is 2. The molecule has 1 aliphatic carbocycles. The predicted molar refractivity (Wildman–Crippen MR) is 97.2 cm³/mol. The Balaban J connectivity index is 1.65. The summed E-state index contributed by atoms with van der Waals surface area (Å²) >= 11 is 0. The number of pyridine rings is 1. The summed E-state index contributed by atoms with van der Waals surface area (Å²) in [6, 6.07) is 7.56. The van der Waals surface area contributed by atoms with Gasteiger partial charge in [-0.15, -0.1) is 13.2 Å². The fourth-order valence-electron chi connectivity index (χ4n) is 3.88. The molecule has 0 N–H and O–H groups in total. The second-order valence-corrected chi connectivity index (χ2v) is 7.03. The first-order chi connectivity index (χ1) is 13.4. The maximum absolute atomic E-state index is 13.0. The number of carbonyl (C=O) groups excluding carboxylic acids is 1. The van der Waals surface area contributed by atoms with Crippen LogP contribution in [0, 0.1) is 0 Å². The molecule has 1 aromatic carbocycles. The predicted octanol–water partition coefficient (Wildman–Crippen LogP) is 4.61. The highest BCUT2D eigenvalue weighted by Gasteiger charge is 2.36. The first kappa shape index (κ1) is 18.5. The third kappa shape index (κ3) is 3.48. The number of rotatable bonds is 4. The number of fused-ring (bicyclic) bond motifs is 2. The largest absolute Gasteiger partial charge is 0.573 e. The molecule has 2 aromatic heterocycles. The van der Waals surface area contributed by atoms with Crippen LogP contribution in [0.15, 0.2) is 48.9 Å². The Hall–Kier alpha value is -2.83. The van der Waals surface area contributed by atoms with Crippen molar-refractivity contribution < 1.29 is 27.3 Å². The summed E-state index contributed by atoms with van der Waals surface area (Å²) in [7, 11) is 0. The number of alkyl halides is 3. The summed E-state index contributed by atoms with van der Waals surface area (Å²) in [6.45, 7) is 3.04. The van der Waals surface area contributed by atoms with Crippen LogP contribution in [0.25, 0.3) is 10.9 Å². The van der Waals surface area contributed by atoms with Gasteiger partial charge >= 0.3 is 6.36 Å². The molecule has 3 aromatic rings. The van der Waals surface area contributed by atoms with Crippen molar-refractivity contribution in [3.8, 4) is 5.75 Å². The smallest absolute Gasteiger partial charge is 0.406 e. The molecule has 2 heterocycles. The number of hydrogen-bond acceptors (Lipinski definition) is 2. The normalized spacial score (nSPS) is 17.0. The maximum atomic E-state index is 13.0. The van der Waals surface area contributed by atoms with Crippen LogP contribution in [0.2, 0.25) is 0 Å². The Labute approximate surface area is 160 Å². The number of aryl methyl sites for hydroxylation is 2. The van der Waals surface area contributed by atoms with E-state index in [2.05, 4.69) is 16.2 Å². The Morgan fingerprint density at radius 2 is 2.07 bits per heavy atom. The fraction of sp³-hybridized carbons (Fsp3) is 0.333. The van der Waals surface area contributed by atoms with Gasteiger partial charge in [0.15, 0.2) is 12.4 Å². The van der Waals surface area contributed by atoms with E-state index in [1.54, 1.807) is 6.07 Å². The third-order valence-corrected chi connectivity index (χ3v) is 5.13. The highest BCUT2D eigenvalue weighted by Crippen LogP contribution is 2.31. The van der Waals surface area contributed by atoms with Crippen LogP contribution in [0.1, 0.15) is 41.7 Å². The van der Waals surface area contributed by atoms with E-state index in [9.17, 15) is 18.0 Å². The molecule has 1 atom stereocenters. The van der Waals surface area contributed by atoms with Gasteiger partial charge in [-0.05, 0) is 36.6 Å². The van der Waals surface area contributed by atoms with E-state index in [4.69, 9.17) is 0 Å². The quantitative estimate of drug-likeness (QED) is 0.611. The highest BCUT2D eigenvalue weighted by molar-refractivity contribution is 6.00. The van der Waals surface area contributed by atoms with Crippen molar-refractivity contribution in [3.63, 3.8) is 0 Å². The third-order valence-electron chi connectivity index (χ3n) is 5.13. The summed E-state index contributed by atoms with van der Waals surface area (Å²) in [5.41, 5.74) is 2.16. The first-order valence-electron chi connectivity index (χ1n) is 9.28. The van der Waals surface area contributed by atoms with E-state index >= 15 is 0 Å². The van der Waals surface area contributed by atoms with Gasteiger partial charge in [0, 0.05) is 30.8 Å². The van der Waals surface area contributed by atoms with E-state index in [0.29, 0.717) is 18.4 Å². The molecule has 0 amide bonds. The number of nitrogens with zero attached hydrogens (tertiary/aromatic N) is 2. The van der Waals surface area contributed by atoms with Crippen LogP contribution < -0.4 is 9.30 Å². The number of benzene rings is 1. The Morgan fingerprint density at radius 3 is 2.82 bits per heavy atom. The number of ether oxygens (including phenoxy) is 1. The Morgan fingerprint density at radius 1 is 1.25 bits per heavy atom. The zero-order valence-corrected chi connectivity index (χ0v) is 15.4. The van der Waals surface area contributed by atoms with Crippen LogP contribution in [0.4, 0.5) is 13.2 Å². The molecule has 0 spiro atoms. The Bertz CT molecular complexity index is 1040. The number of carbonyl (C=O) groups is 1. The van der Waals surface area contributed by atoms with Crippen molar-refractivity contribution in [1.82, 2.24) is 4.57 Å². The minimum absolute atomic E-state index is 0.189. The van der Waals surface area contributed by atoms with E-state index in [-0.39, 0.29) is 11.5 Å². The summed E-state index contributed by atoms with van der Waals surface area (Å²) in [5.74, 6) is -0.552. The minimum atomic E-state index is -4.78. The summed E-state index contributed by atoms with van der Waals surface area (Å²) in [6.07, 6.45) is 3.31. The zero-order chi connectivity index (χ0) is 19.9. The molecule has 4 rings (SSSR count). The lowest BCUT2D eigenvalue weighted by Gasteiger charge is -2.21. The Kier molecular flexibility index (Phi) is 4.61. The van der Waals surface area contributed by atoms with Crippen molar-refractivity contribution in [3.05, 3.63) is 60.0 Å². The van der Waals surface area contributed by atoms with Crippen LogP contribution in [0.5, 0.6) is 5.75 Å². The average molecular weight is 389 g/mol. The van der Waals surface area contributed by atoms with Gasteiger partial charge in [0.2, 0.25) is 11.8 Å². The average Bonchev–Trinajstić information content (AvgIpc) is 3.04. The molecule has 0 saturated carbocycles. The molecule has 4 nitrogen and oxygen atoms in total. The maximum Gasteiger partial charge on any atom is 0.573 e. The van der Waals surface area contributed by atoms with E-state index in [1.807, 2.05) is 35.3 Å². The number of Topliss-reactive ketones (excluding diaryl/α,β-unsaturated/α-hetero) is 1. The second kappa shape index (κ2) is 6.96. The molecular formula is C21H20F3N2O2+. The van der Waals surface area contributed by atoms with Crippen molar-refractivity contribution >= 4 is 16.7 Å². The van der Waals surface area contributed by atoms with Gasteiger partial charge in [0.1, 0.15) is 5.75 Å². The van der Waals surface area contributed by atoms with E-state index in [1.165, 1.54) is 12.1 Å². The summed E-state index contributed by atoms with van der Waals surface area (Å²) in [5, 5.41) is 1.03. The first-order valence-corrected chi connectivity index (χ1v) is 9.28. The number of ketones is 1. The molecule has 0 fully saturated rings. The lowest BCUT2D eigenvalue weighted by Crippen LogP contribution is -2.45. The molecule has 28 heavy (non-hydrogen) atoms. The number of hydrogen-bond donors (Lipinski definition) is 0. The van der Waals surface area contributed by atoms with Crippen molar-refractivity contribution in [2.24, 2.45) is 0 Å². The molecule has 146 valence electrons. The molecule has 1 unspecified atom stereocenters. The molecule has 0 bridgehead atoms. The van der Waals surface area contributed by atoms with Gasteiger partial charge in [-0.1, -0.05) is 13.0 Å².